The van der Waals surface area contributed by atoms with Crippen LogP contribution < -0.4 is 5.32 Å². The lowest BCUT2D eigenvalue weighted by Gasteiger charge is -2.17. The molecule has 0 amide bonds. The summed E-state index contributed by atoms with van der Waals surface area (Å²) in [5.74, 6) is -0.0856. The molecule has 1 atom stereocenters. The molecule has 0 aromatic heterocycles. The Bertz CT molecular complexity index is 378. The lowest BCUT2D eigenvalue weighted by atomic mass is 10.0. The van der Waals surface area contributed by atoms with E-state index in [9.17, 15) is 4.39 Å². The Hall–Kier alpha value is -1.15. The zero-order valence-corrected chi connectivity index (χ0v) is 13.7. The summed E-state index contributed by atoms with van der Waals surface area (Å²) in [6.45, 7) is 15.2. The minimum absolute atomic E-state index is 0.0856. The second-order valence-electron chi connectivity index (χ2n) is 5.13. The molecular formula is C18H30FN. The van der Waals surface area contributed by atoms with Gasteiger partial charge >= 0.3 is 0 Å². The number of nitrogens with one attached hydrogen (secondary N) is 1. The maximum Gasteiger partial charge on any atom is 0.129 e. The minimum atomic E-state index is -0.0856. The van der Waals surface area contributed by atoms with E-state index in [0.717, 1.165) is 30.5 Å². The monoisotopic (exact) mass is 279 g/mol. The van der Waals surface area contributed by atoms with Crippen LogP contribution in [0.2, 0.25) is 0 Å². The molecule has 1 unspecified atom stereocenters. The number of hydrogen-bond acceptors (Lipinski definition) is 1. The van der Waals surface area contributed by atoms with Crippen molar-refractivity contribution in [3.05, 3.63) is 47.3 Å². The zero-order valence-electron chi connectivity index (χ0n) is 13.7. The lowest BCUT2D eigenvalue weighted by molar-refractivity contribution is 0.543. The van der Waals surface area contributed by atoms with Gasteiger partial charge in [0.2, 0.25) is 0 Å². The predicted octanol–water partition coefficient (Wildman–Crippen LogP) is 5.17. The molecule has 0 aliphatic heterocycles. The summed E-state index contributed by atoms with van der Waals surface area (Å²) >= 11 is 0. The Labute approximate surface area is 124 Å². The van der Waals surface area contributed by atoms with E-state index in [0.29, 0.717) is 6.04 Å². The molecule has 0 heterocycles. The summed E-state index contributed by atoms with van der Waals surface area (Å²) in [5, 5.41) is 3.47. The molecule has 2 heteroatoms. The number of hydrogen-bond donors (Lipinski definition) is 1. The molecule has 0 bridgehead atoms. The Morgan fingerprint density at radius 2 is 1.75 bits per heavy atom. The molecule has 0 saturated heterocycles. The normalized spacial score (nSPS) is 11.5. The highest BCUT2D eigenvalue weighted by molar-refractivity contribution is 5.23. The van der Waals surface area contributed by atoms with Crippen molar-refractivity contribution in [3.8, 4) is 0 Å². The third kappa shape index (κ3) is 6.85. The summed E-state index contributed by atoms with van der Waals surface area (Å²) < 4.78 is 12.7. The van der Waals surface area contributed by atoms with Crippen LogP contribution in [0.15, 0.2) is 30.4 Å². The van der Waals surface area contributed by atoms with Gasteiger partial charge in [-0.05, 0) is 50.8 Å². The van der Waals surface area contributed by atoms with Gasteiger partial charge in [0.05, 0.1) is 0 Å². The summed E-state index contributed by atoms with van der Waals surface area (Å²) in [7, 11) is 0. The van der Waals surface area contributed by atoms with Crippen LogP contribution >= 0.6 is 0 Å². The quantitative estimate of drug-likeness (QED) is 0.708. The SMILES string of the molecule is C=C(CC)C(CC)NCCC.Cc1cccc(C)c1F. The number of rotatable bonds is 6. The van der Waals surface area contributed by atoms with Crippen molar-refractivity contribution in [3.63, 3.8) is 0 Å². The molecule has 0 spiro atoms. The molecule has 0 aliphatic rings. The fourth-order valence-corrected chi connectivity index (χ4v) is 1.94. The minimum Gasteiger partial charge on any atom is -0.310 e. The first-order chi connectivity index (χ1) is 9.47. The van der Waals surface area contributed by atoms with Crippen molar-refractivity contribution < 1.29 is 4.39 Å². The first-order valence-electron chi connectivity index (χ1n) is 7.60. The van der Waals surface area contributed by atoms with Crippen LogP contribution in [0.3, 0.4) is 0 Å². The van der Waals surface area contributed by atoms with Gasteiger partial charge in [0.15, 0.2) is 0 Å². The molecule has 20 heavy (non-hydrogen) atoms. The maximum absolute atomic E-state index is 12.7. The molecule has 0 fully saturated rings. The van der Waals surface area contributed by atoms with Crippen molar-refractivity contribution in [2.75, 3.05) is 6.54 Å². The van der Waals surface area contributed by atoms with Crippen LogP contribution in [0.5, 0.6) is 0 Å². The van der Waals surface area contributed by atoms with E-state index in [1.807, 2.05) is 6.07 Å². The Balaban J connectivity index is 0.000000367. The van der Waals surface area contributed by atoms with Crippen LogP contribution in [0.1, 0.15) is 51.2 Å². The first-order valence-corrected chi connectivity index (χ1v) is 7.60. The number of benzene rings is 1. The number of aryl methyl sites for hydroxylation is 2. The fourth-order valence-electron chi connectivity index (χ4n) is 1.94. The molecule has 0 aliphatic carbocycles. The van der Waals surface area contributed by atoms with Gasteiger partial charge < -0.3 is 5.32 Å². The van der Waals surface area contributed by atoms with E-state index in [2.05, 4.69) is 32.7 Å². The smallest absolute Gasteiger partial charge is 0.129 e. The first kappa shape index (κ1) is 18.9. The molecule has 114 valence electrons. The van der Waals surface area contributed by atoms with Crippen LogP contribution in [0.4, 0.5) is 4.39 Å². The van der Waals surface area contributed by atoms with Gasteiger partial charge in [0.25, 0.3) is 0 Å². The van der Waals surface area contributed by atoms with E-state index in [1.165, 1.54) is 12.0 Å². The largest absolute Gasteiger partial charge is 0.310 e. The van der Waals surface area contributed by atoms with Gasteiger partial charge in [-0.1, -0.05) is 51.1 Å². The van der Waals surface area contributed by atoms with Gasteiger partial charge in [-0.2, -0.15) is 0 Å². The molecule has 1 rings (SSSR count). The maximum atomic E-state index is 12.7. The topological polar surface area (TPSA) is 12.0 Å². The molecule has 1 aromatic carbocycles. The summed E-state index contributed by atoms with van der Waals surface area (Å²) in [6, 6.07) is 5.93. The highest BCUT2D eigenvalue weighted by Gasteiger charge is 2.05. The predicted molar refractivity (Wildman–Crippen MR) is 87.7 cm³/mol. The van der Waals surface area contributed by atoms with Crippen LogP contribution in [0, 0.1) is 19.7 Å². The van der Waals surface area contributed by atoms with E-state index >= 15 is 0 Å². The molecule has 0 radical (unpaired) electrons. The standard InChI is InChI=1S/C10H21N.C8H9F/c1-5-8-11-10(7-3)9(4)6-2;1-6-4-3-5-7(2)8(6)9/h10-11H,4-8H2,1-3H3;3-5H,1-2H3. The zero-order chi connectivity index (χ0) is 15.5. The van der Waals surface area contributed by atoms with Gasteiger partial charge in [0, 0.05) is 6.04 Å². The molecule has 1 nitrogen and oxygen atoms in total. The fraction of sp³-hybridized carbons (Fsp3) is 0.556. The highest BCUT2D eigenvalue weighted by Crippen LogP contribution is 2.09. The second kappa shape index (κ2) is 10.6. The Morgan fingerprint density at radius 1 is 1.20 bits per heavy atom. The highest BCUT2D eigenvalue weighted by atomic mass is 19.1. The lowest BCUT2D eigenvalue weighted by Crippen LogP contribution is -2.30. The summed E-state index contributed by atoms with van der Waals surface area (Å²) in [4.78, 5) is 0. The molecule has 1 aromatic rings. The van der Waals surface area contributed by atoms with Crippen molar-refractivity contribution >= 4 is 0 Å². The Morgan fingerprint density at radius 3 is 2.10 bits per heavy atom. The second-order valence-corrected chi connectivity index (χ2v) is 5.13. The van der Waals surface area contributed by atoms with E-state index in [4.69, 9.17) is 0 Å². The van der Waals surface area contributed by atoms with E-state index in [1.54, 1.807) is 26.0 Å². The van der Waals surface area contributed by atoms with Crippen molar-refractivity contribution in [1.82, 2.24) is 5.32 Å². The van der Waals surface area contributed by atoms with Gasteiger partial charge in [0.1, 0.15) is 5.82 Å². The average Bonchev–Trinajstić information content (AvgIpc) is 2.45. The van der Waals surface area contributed by atoms with E-state index in [-0.39, 0.29) is 5.82 Å². The number of halogens is 1. The van der Waals surface area contributed by atoms with Crippen LogP contribution in [-0.4, -0.2) is 12.6 Å². The molecule has 0 saturated carbocycles. The average molecular weight is 279 g/mol. The van der Waals surface area contributed by atoms with E-state index < -0.39 is 0 Å². The molecular weight excluding hydrogens is 249 g/mol. The third-order valence-corrected chi connectivity index (χ3v) is 3.38. The van der Waals surface area contributed by atoms with Crippen LogP contribution in [0.25, 0.3) is 0 Å². The van der Waals surface area contributed by atoms with Crippen LogP contribution in [-0.2, 0) is 0 Å². The summed E-state index contributed by atoms with van der Waals surface area (Å²) in [5.41, 5.74) is 2.77. The third-order valence-electron chi connectivity index (χ3n) is 3.38. The molecule has 1 N–H and O–H groups in total. The Kier molecular flexibility index (Phi) is 10.0. The van der Waals surface area contributed by atoms with Crippen molar-refractivity contribution in [2.45, 2.75) is 59.9 Å². The van der Waals surface area contributed by atoms with Crippen molar-refractivity contribution in [2.24, 2.45) is 0 Å². The van der Waals surface area contributed by atoms with Gasteiger partial charge in [-0.25, -0.2) is 4.39 Å². The van der Waals surface area contributed by atoms with Crippen molar-refractivity contribution in [1.29, 1.82) is 0 Å². The van der Waals surface area contributed by atoms with Gasteiger partial charge in [-0.3, -0.25) is 0 Å². The van der Waals surface area contributed by atoms with Gasteiger partial charge in [-0.15, -0.1) is 0 Å². The summed E-state index contributed by atoms with van der Waals surface area (Å²) in [6.07, 6.45) is 3.45.